The summed E-state index contributed by atoms with van der Waals surface area (Å²) >= 11 is 1.73. The van der Waals surface area contributed by atoms with Crippen LogP contribution < -0.4 is 10.2 Å². The number of rotatable bonds is 2. The van der Waals surface area contributed by atoms with E-state index in [-0.39, 0.29) is 17.2 Å². The Hall–Kier alpha value is -1.27. The van der Waals surface area contributed by atoms with Crippen LogP contribution in [0, 0.1) is 5.92 Å². The van der Waals surface area contributed by atoms with Crippen LogP contribution in [0.5, 0.6) is 0 Å². The number of amides is 1. The van der Waals surface area contributed by atoms with Crippen LogP contribution in [-0.2, 0) is 4.79 Å². The van der Waals surface area contributed by atoms with Gasteiger partial charge in [-0.05, 0) is 24.8 Å². The van der Waals surface area contributed by atoms with Crippen LogP contribution in [0.4, 0.5) is 6.01 Å². The van der Waals surface area contributed by atoms with Crippen molar-refractivity contribution >= 4 is 23.7 Å². The first-order valence-electron chi connectivity index (χ1n) is 6.01. The minimum absolute atomic E-state index is 0.0450. The van der Waals surface area contributed by atoms with Gasteiger partial charge in [0, 0.05) is 11.8 Å². The van der Waals surface area contributed by atoms with E-state index in [4.69, 9.17) is 4.42 Å². The third kappa shape index (κ3) is 1.85. The highest BCUT2D eigenvalue weighted by Crippen LogP contribution is 2.37. The second kappa shape index (κ2) is 4.78. The molecule has 0 saturated carbocycles. The first kappa shape index (κ1) is 11.8. The van der Waals surface area contributed by atoms with Crippen molar-refractivity contribution in [1.29, 1.82) is 0 Å². The Morgan fingerprint density at radius 2 is 2.50 bits per heavy atom. The highest BCUT2D eigenvalue weighted by atomic mass is 32.2. The number of anilines is 1. The standard InChI is InChI=1S/C12H15N3O2S/c1-13-9-10-8(3-7-18-10)2-5-15(11(9)16)12-14-4-6-17-12/h3-4,6-10,13H,2,5H2,1H3. The van der Waals surface area contributed by atoms with Crippen molar-refractivity contribution in [2.24, 2.45) is 5.92 Å². The number of likely N-dealkylation sites (N-methyl/N-ethyl adjacent to an activating group) is 1. The average Bonchev–Trinajstić information content (AvgIpc) is 3.01. The molecular formula is C12H15N3O2S. The molecule has 3 unspecified atom stereocenters. The van der Waals surface area contributed by atoms with E-state index in [1.807, 2.05) is 7.05 Å². The fraction of sp³-hybridized carbons (Fsp3) is 0.500. The van der Waals surface area contributed by atoms with E-state index in [9.17, 15) is 4.79 Å². The summed E-state index contributed by atoms with van der Waals surface area (Å²) in [5.74, 6) is 0.486. The summed E-state index contributed by atoms with van der Waals surface area (Å²) in [5, 5.41) is 5.52. The summed E-state index contributed by atoms with van der Waals surface area (Å²) in [5.41, 5.74) is 0. The van der Waals surface area contributed by atoms with Gasteiger partial charge in [0.25, 0.3) is 0 Å². The number of aromatic nitrogens is 1. The third-order valence-electron chi connectivity index (χ3n) is 3.49. The van der Waals surface area contributed by atoms with E-state index in [1.54, 1.807) is 22.9 Å². The molecule has 3 atom stereocenters. The molecule has 2 aliphatic rings. The number of nitrogens with zero attached hydrogens (tertiary/aromatic N) is 2. The highest BCUT2D eigenvalue weighted by Gasteiger charge is 2.41. The summed E-state index contributed by atoms with van der Waals surface area (Å²) in [4.78, 5) is 18.3. The van der Waals surface area contributed by atoms with Crippen LogP contribution in [0.1, 0.15) is 6.42 Å². The van der Waals surface area contributed by atoms with Crippen molar-refractivity contribution in [2.75, 3.05) is 18.5 Å². The van der Waals surface area contributed by atoms with Crippen molar-refractivity contribution in [1.82, 2.24) is 10.3 Å². The summed E-state index contributed by atoms with van der Waals surface area (Å²) < 4.78 is 5.26. The van der Waals surface area contributed by atoms with Crippen molar-refractivity contribution in [3.8, 4) is 0 Å². The van der Waals surface area contributed by atoms with E-state index in [0.29, 0.717) is 18.5 Å². The van der Waals surface area contributed by atoms with E-state index >= 15 is 0 Å². The molecule has 0 aromatic carbocycles. The molecule has 18 heavy (non-hydrogen) atoms. The van der Waals surface area contributed by atoms with Gasteiger partial charge < -0.3 is 9.73 Å². The van der Waals surface area contributed by atoms with E-state index < -0.39 is 0 Å². The molecule has 1 aromatic heterocycles. The number of oxazole rings is 1. The molecule has 0 aliphatic carbocycles. The monoisotopic (exact) mass is 265 g/mol. The molecule has 1 N–H and O–H groups in total. The normalized spacial score (nSPS) is 31.5. The summed E-state index contributed by atoms with van der Waals surface area (Å²) in [6.07, 6.45) is 6.21. The van der Waals surface area contributed by atoms with Gasteiger partial charge in [0.2, 0.25) is 5.91 Å². The van der Waals surface area contributed by atoms with E-state index in [2.05, 4.69) is 21.8 Å². The smallest absolute Gasteiger partial charge is 0.304 e. The molecule has 3 heterocycles. The van der Waals surface area contributed by atoms with Gasteiger partial charge in [-0.25, -0.2) is 4.98 Å². The van der Waals surface area contributed by atoms with Gasteiger partial charge in [0.05, 0.1) is 6.20 Å². The zero-order valence-corrected chi connectivity index (χ0v) is 10.9. The van der Waals surface area contributed by atoms with Gasteiger partial charge >= 0.3 is 6.01 Å². The minimum Gasteiger partial charge on any atom is -0.432 e. The Balaban J connectivity index is 1.90. The van der Waals surface area contributed by atoms with Crippen LogP contribution in [0.2, 0.25) is 0 Å². The Kier molecular flexibility index (Phi) is 3.13. The SMILES string of the molecule is CNC1C(=O)N(c2ncco2)CCC2C=CSC21. The molecule has 1 saturated heterocycles. The topological polar surface area (TPSA) is 58.4 Å². The number of hydrogen-bond donors (Lipinski definition) is 1. The maximum absolute atomic E-state index is 12.5. The fourth-order valence-corrected chi connectivity index (χ4v) is 3.87. The highest BCUT2D eigenvalue weighted by molar-refractivity contribution is 8.03. The maximum Gasteiger partial charge on any atom is 0.304 e. The summed E-state index contributed by atoms with van der Waals surface area (Å²) in [6.45, 7) is 0.656. The zero-order valence-electron chi connectivity index (χ0n) is 10.1. The zero-order chi connectivity index (χ0) is 12.5. The lowest BCUT2D eigenvalue weighted by Crippen LogP contribution is -2.49. The lowest BCUT2D eigenvalue weighted by molar-refractivity contribution is -0.120. The van der Waals surface area contributed by atoms with Crippen molar-refractivity contribution in [3.63, 3.8) is 0 Å². The molecule has 1 aromatic rings. The first-order chi connectivity index (χ1) is 8.81. The van der Waals surface area contributed by atoms with Gasteiger partial charge in [-0.3, -0.25) is 9.69 Å². The third-order valence-corrected chi connectivity index (χ3v) is 4.74. The molecule has 96 valence electrons. The number of allylic oxidation sites excluding steroid dienone is 1. The van der Waals surface area contributed by atoms with Gasteiger partial charge in [-0.2, -0.15) is 0 Å². The molecule has 0 spiro atoms. The Labute approximate surface area is 110 Å². The van der Waals surface area contributed by atoms with Crippen molar-refractivity contribution in [2.45, 2.75) is 17.7 Å². The van der Waals surface area contributed by atoms with E-state index in [1.165, 1.54) is 6.26 Å². The Bertz CT molecular complexity index is 460. The summed E-state index contributed by atoms with van der Waals surface area (Å²) in [6, 6.07) is 0.207. The Morgan fingerprint density at radius 1 is 1.61 bits per heavy atom. The van der Waals surface area contributed by atoms with Crippen LogP contribution in [0.25, 0.3) is 0 Å². The van der Waals surface area contributed by atoms with Gasteiger partial charge in [-0.15, -0.1) is 11.8 Å². The predicted octanol–water partition coefficient (Wildman–Crippen LogP) is 1.24. The number of nitrogens with one attached hydrogen (secondary N) is 1. The lowest BCUT2D eigenvalue weighted by Gasteiger charge is -2.24. The van der Waals surface area contributed by atoms with Gasteiger partial charge in [-0.1, -0.05) is 6.08 Å². The maximum atomic E-state index is 12.5. The molecule has 2 aliphatic heterocycles. The second-order valence-electron chi connectivity index (χ2n) is 4.45. The number of carbonyl (C=O) groups excluding carboxylic acids is 1. The average molecular weight is 265 g/mol. The van der Waals surface area contributed by atoms with Crippen LogP contribution >= 0.6 is 11.8 Å². The molecule has 0 radical (unpaired) electrons. The van der Waals surface area contributed by atoms with Gasteiger partial charge in [0.15, 0.2) is 0 Å². The number of fused-ring (bicyclic) bond motifs is 1. The Morgan fingerprint density at radius 3 is 3.22 bits per heavy atom. The van der Waals surface area contributed by atoms with E-state index in [0.717, 1.165) is 6.42 Å². The molecule has 3 rings (SSSR count). The van der Waals surface area contributed by atoms with Gasteiger partial charge in [0.1, 0.15) is 12.3 Å². The first-order valence-corrected chi connectivity index (χ1v) is 6.96. The summed E-state index contributed by atoms with van der Waals surface area (Å²) in [7, 11) is 1.83. The predicted molar refractivity (Wildman–Crippen MR) is 70.3 cm³/mol. The quantitative estimate of drug-likeness (QED) is 0.872. The molecule has 6 heteroatoms. The van der Waals surface area contributed by atoms with Crippen LogP contribution in [-0.4, -0.2) is 35.8 Å². The minimum atomic E-state index is -0.190. The largest absolute Gasteiger partial charge is 0.432 e. The molecule has 1 fully saturated rings. The second-order valence-corrected chi connectivity index (χ2v) is 5.54. The van der Waals surface area contributed by atoms with Crippen molar-refractivity contribution in [3.05, 3.63) is 23.9 Å². The molecule has 1 amide bonds. The number of carbonyl (C=O) groups is 1. The number of thioether (sulfide) groups is 1. The fourth-order valence-electron chi connectivity index (χ4n) is 2.56. The number of hydrogen-bond acceptors (Lipinski definition) is 5. The van der Waals surface area contributed by atoms with Crippen LogP contribution in [0.15, 0.2) is 28.4 Å². The molecule has 5 nitrogen and oxygen atoms in total. The molecular weight excluding hydrogens is 250 g/mol. The molecule has 0 bridgehead atoms. The van der Waals surface area contributed by atoms with Crippen LogP contribution in [0.3, 0.4) is 0 Å². The van der Waals surface area contributed by atoms with Crippen molar-refractivity contribution < 1.29 is 9.21 Å². The lowest BCUT2D eigenvalue weighted by atomic mass is 9.98.